The number of hydrogen-bond donors (Lipinski definition) is 4. The number of rotatable bonds is 5. The molecule has 0 spiro atoms. The van der Waals surface area contributed by atoms with Gasteiger partial charge in [0.2, 0.25) is 11.9 Å². The zero-order chi connectivity index (χ0) is 29.9. The fourth-order valence-electron chi connectivity index (χ4n) is 3.27. The van der Waals surface area contributed by atoms with Gasteiger partial charge in [-0.05, 0) is 50.2 Å². The van der Waals surface area contributed by atoms with Gasteiger partial charge in [-0.15, -0.1) is 0 Å². The summed E-state index contributed by atoms with van der Waals surface area (Å²) < 4.78 is 95.0. The van der Waals surface area contributed by atoms with E-state index in [4.69, 9.17) is 8.76 Å². The van der Waals surface area contributed by atoms with Gasteiger partial charge in [-0.25, -0.2) is 9.19 Å². The second-order valence-electron chi connectivity index (χ2n) is 7.86. The van der Waals surface area contributed by atoms with Crippen LogP contribution in [-0.4, -0.2) is 59.1 Å². The molecule has 4 rings (SSSR count). The van der Waals surface area contributed by atoms with Crippen molar-refractivity contribution in [3.63, 3.8) is 0 Å². The minimum absolute atomic E-state index is 0. The van der Waals surface area contributed by atoms with Gasteiger partial charge < -0.3 is 20.5 Å². The van der Waals surface area contributed by atoms with Crippen LogP contribution >= 0.6 is 0 Å². The van der Waals surface area contributed by atoms with Crippen molar-refractivity contribution in [1.29, 1.82) is 0 Å². The van der Waals surface area contributed by atoms with E-state index in [1.807, 2.05) is 13.8 Å². The van der Waals surface area contributed by atoms with Gasteiger partial charge in [0.25, 0.3) is 0 Å². The van der Waals surface area contributed by atoms with Gasteiger partial charge in [0.15, 0.2) is 5.82 Å². The Morgan fingerprint density at radius 1 is 0.950 bits per heavy atom. The molecular formula is C23H32F6N8O2S. The first kappa shape index (κ1) is 32.8. The first-order valence-electron chi connectivity index (χ1n) is 11.9. The van der Waals surface area contributed by atoms with Crippen LogP contribution in [-0.2, 0) is 23.4 Å². The van der Waals surface area contributed by atoms with Crippen LogP contribution in [0.4, 0.5) is 43.9 Å². The van der Waals surface area contributed by atoms with Gasteiger partial charge in [0.1, 0.15) is 28.2 Å². The quantitative estimate of drug-likeness (QED) is 0.216. The second kappa shape index (κ2) is 14.8. The van der Waals surface area contributed by atoms with Crippen LogP contribution in [0.5, 0.6) is 0 Å². The van der Waals surface area contributed by atoms with Gasteiger partial charge in [-0.2, -0.15) is 41.3 Å². The summed E-state index contributed by atoms with van der Waals surface area (Å²) in [6.07, 6.45) is -5.66. The zero-order valence-corrected chi connectivity index (χ0v) is 22.5. The van der Waals surface area contributed by atoms with E-state index in [9.17, 15) is 26.3 Å². The third-order valence-electron chi connectivity index (χ3n) is 4.88. The summed E-state index contributed by atoms with van der Waals surface area (Å²) in [4.78, 5) is 19.4. The minimum atomic E-state index is -4.68. The number of pyridine rings is 2. The van der Waals surface area contributed by atoms with E-state index >= 15 is 0 Å². The van der Waals surface area contributed by atoms with Crippen LogP contribution in [0, 0.1) is 0 Å². The second-order valence-corrected chi connectivity index (χ2v) is 8.70. The molecule has 10 nitrogen and oxygen atoms in total. The molecule has 4 N–H and O–H groups in total. The Bertz CT molecular complexity index is 1260. The maximum absolute atomic E-state index is 13.1. The lowest BCUT2D eigenvalue weighted by Crippen LogP contribution is -2.35. The van der Waals surface area contributed by atoms with E-state index in [1.165, 1.54) is 24.5 Å². The fourth-order valence-corrected chi connectivity index (χ4v) is 3.27. The van der Waals surface area contributed by atoms with Gasteiger partial charge in [-0.3, -0.25) is 4.98 Å². The summed E-state index contributed by atoms with van der Waals surface area (Å²) in [5, 5.41) is 8.96. The SMILES string of the molecule is CC.CS(=O)O.FC(F)(F)c1cc(Nc2nc(NC3CCNCC3)nc(-c3cccc(C(F)(F)F)n3)n2)ccn1.[HH].[HH]. The van der Waals surface area contributed by atoms with E-state index in [1.54, 1.807) is 0 Å². The largest absolute Gasteiger partial charge is 0.433 e. The molecule has 0 aliphatic carbocycles. The van der Waals surface area contributed by atoms with Crippen molar-refractivity contribution < 1.29 is 38.0 Å². The number of alkyl halides is 6. The highest BCUT2D eigenvalue weighted by atomic mass is 32.2. The van der Waals surface area contributed by atoms with Crippen molar-refractivity contribution in [2.24, 2.45) is 0 Å². The van der Waals surface area contributed by atoms with Crippen LogP contribution in [0.2, 0.25) is 0 Å². The van der Waals surface area contributed by atoms with Crippen molar-refractivity contribution in [3.8, 4) is 11.5 Å². The fraction of sp³-hybridized carbons (Fsp3) is 0.435. The normalized spacial score (nSPS) is 14.7. The molecule has 0 aromatic carbocycles. The van der Waals surface area contributed by atoms with Gasteiger partial charge in [0.05, 0.1) is 0 Å². The summed E-state index contributed by atoms with van der Waals surface area (Å²) in [5.74, 6) is -0.284. The highest BCUT2D eigenvalue weighted by Crippen LogP contribution is 2.31. The molecule has 17 heteroatoms. The monoisotopic (exact) mass is 598 g/mol. The van der Waals surface area contributed by atoms with E-state index in [0.717, 1.165) is 44.3 Å². The molecule has 3 aromatic heterocycles. The number of anilines is 3. The lowest BCUT2D eigenvalue weighted by Gasteiger charge is -2.23. The third-order valence-corrected chi connectivity index (χ3v) is 4.88. The van der Waals surface area contributed by atoms with Crippen molar-refractivity contribution in [3.05, 3.63) is 47.9 Å². The molecule has 1 fully saturated rings. The molecule has 1 saturated heterocycles. The summed E-state index contributed by atoms with van der Waals surface area (Å²) in [6.45, 7) is 5.51. The first-order chi connectivity index (χ1) is 18.8. The maximum atomic E-state index is 13.1. The number of aromatic nitrogens is 5. The summed E-state index contributed by atoms with van der Waals surface area (Å²) in [6, 6.07) is 5.33. The van der Waals surface area contributed by atoms with Crippen LogP contribution in [0.25, 0.3) is 11.5 Å². The van der Waals surface area contributed by atoms with Crippen molar-refractivity contribution in [2.75, 3.05) is 30.0 Å². The number of nitrogens with zero attached hydrogens (tertiary/aromatic N) is 5. The lowest BCUT2D eigenvalue weighted by molar-refractivity contribution is -0.141. The van der Waals surface area contributed by atoms with Crippen LogP contribution in [0.1, 0.15) is 40.9 Å². The Morgan fingerprint density at radius 3 is 2.15 bits per heavy atom. The Balaban J connectivity index is 0.00000194. The van der Waals surface area contributed by atoms with Crippen molar-refractivity contribution in [1.82, 2.24) is 30.2 Å². The molecule has 0 amide bonds. The van der Waals surface area contributed by atoms with E-state index in [-0.39, 0.29) is 38.0 Å². The minimum Gasteiger partial charge on any atom is -0.351 e. The maximum Gasteiger partial charge on any atom is 0.433 e. The zero-order valence-electron chi connectivity index (χ0n) is 21.6. The van der Waals surface area contributed by atoms with Crippen molar-refractivity contribution in [2.45, 2.75) is 45.1 Å². The average molecular weight is 599 g/mol. The third kappa shape index (κ3) is 10.6. The van der Waals surface area contributed by atoms with Gasteiger partial charge >= 0.3 is 12.4 Å². The predicted octanol–water partition coefficient (Wildman–Crippen LogP) is 5.63. The first-order valence-corrected chi connectivity index (χ1v) is 13.4. The van der Waals surface area contributed by atoms with Crippen LogP contribution in [0.3, 0.4) is 0 Å². The molecule has 1 aliphatic heterocycles. The molecule has 4 heterocycles. The number of nitrogens with one attached hydrogen (secondary N) is 3. The van der Waals surface area contributed by atoms with Gasteiger partial charge in [0, 0.05) is 27.0 Å². The number of hydrogen-bond acceptors (Lipinski definition) is 9. The Kier molecular flexibility index (Phi) is 12.1. The molecule has 1 unspecified atom stereocenters. The van der Waals surface area contributed by atoms with E-state index < -0.39 is 34.8 Å². The Morgan fingerprint density at radius 2 is 1.55 bits per heavy atom. The smallest absolute Gasteiger partial charge is 0.351 e. The Labute approximate surface area is 231 Å². The Hall–Kier alpha value is -3.44. The molecule has 3 aromatic rings. The molecule has 0 bridgehead atoms. The number of piperidine rings is 1. The predicted molar refractivity (Wildman–Crippen MR) is 142 cm³/mol. The molecule has 1 aliphatic rings. The van der Waals surface area contributed by atoms with Crippen LogP contribution < -0.4 is 16.0 Å². The van der Waals surface area contributed by atoms with Gasteiger partial charge in [-0.1, -0.05) is 19.9 Å². The molecular weight excluding hydrogens is 566 g/mol. The molecule has 0 radical (unpaired) electrons. The van der Waals surface area contributed by atoms with Crippen LogP contribution in [0.15, 0.2) is 36.5 Å². The average Bonchev–Trinajstić information content (AvgIpc) is 2.89. The highest BCUT2D eigenvalue weighted by Gasteiger charge is 2.33. The van der Waals surface area contributed by atoms with E-state index in [0.29, 0.717) is 0 Å². The number of halogens is 6. The summed E-state index contributed by atoms with van der Waals surface area (Å²) in [5.41, 5.74) is -2.43. The molecule has 40 heavy (non-hydrogen) atoms. The van der Waals surface area contributed by atoms with Crippen molar-refractivity contribution >= 4 is 28.7 Å². The summed E-state index contributed by atoms with van der Waals surface area (Å²) >= 11 is -1.61. The highest BCUT2D eigenvalue weighted by molar-refractivity contribution is 7.78. The molecule has 224 valence electrons. The molecule has 1 atom stereocenters. The lowest BCUT2D eigenvalue weighted by atomic mass is 10.1. The summed E-state index contributed by atoms with van der Waals surface area (Å²) in [7, 11) is 0. The standard InChI is InChI=1S/C20H18F6N8.C2H6.CH4O2S.2H2/c21-19(22,23)14-3-1-2-13(31-14)16-32-17(29-11-4-7-27-8-5-11)34-18(33-16)30-12-6-9-28-15(10-12)20(24,25)26;1-2;1-4(2)3;;/h1-3,6,9-11,27H,4-5,7-8H2,(H2,28,29,30,32,33,34);1-2H3;1H3,(H,2,3);2*1H. The molecule has 0 saturated carbocycles. The topological polar surface area (TPSA) is 138 Å². The van der Waals surface area contributed by atoms with E-state index in [2.05, 4.69) is 40.9 Å².